The maximum absolute atomic E-state index is 12.7. The van der Waals surface area contributed by atoms with Crippen LogP contribution >= 0.6 is 0 Å². The lowest BCUT2D eigenvalue weighted by molar-refractivity contribution is 0.0950. The Morgan fingerprint density at radius 1 is 1.22 bits per heavy atom. The number of amides is 1. The van der Waals surface area contributed by atoms with Crippen LogP contribution in [0.3, 0.4) is 0 Å². The van der Waals surface area contributed by atoms with Gasteiger partial charge in [-0.2, -0.15) is 0 Å². The van der Waals surface area contributed by atoms with E-state index < -0.39 is 0 Å². The molecular formula is C13H12FN3O. The summed E-state index contributed by atoms with van der Waals surface area (Å²) >= 11 is 0. The van der Waals surface area contributed by atoms with E-state index in [-0.39, 0.29) is 11.7 Å². The molecule has 1 N–H and O–H groups in total. The third-order valence-corrected chi connectivity index (χ3v) is 2.37. The van der Waals surface area contributed by atoms with E-state index in [0.29, 0.717) is 17.8 Å². The van der Waals surface area contributed by atoms with Gasteiger partial charge in [-0.3, -0.25) is 14.8 Å². The summed E-state index contributed by atoms with van der Waals surface area (Å²) in [6.07, 6.45) is 3.25. The van der Waals surface area contributed by atoms with Crippen LogP contribution in [0.15, 0.2) is 36.7 Å². The molecule has 5 heteroatoms. The molecule has 1 heterocycles. The van der Waals surface area contributed by atoms with Crippen molar-refractivity contribution in [2.75, 3.05) is 0 Å². The van der Waals surface area contributed by atoms with Crippen molar-refractivity contribution in [2.45, 2.75) is 13.5 Å². The van der Waals surface area contributed by atoms with Crippen molar-refractivity contribution in [1.82, 2.24) is 15.3 Å². The number of nitrogens with one attached hydrogen (secondary N) is 1. The first-order chi connectivity index (χ1) is 8.65. The third kappa shape index (κ3) is 3.10. The predicted octanol–water partition coefficient (Wildman–Crippen LogP) is 1.85. The number of halogens is 1. The second-order valence-electron chi connectivity index (χ2n) is 3.84. The van der Waals surface area contributed by atoms with Gasteiger partial charge in [0.15, 0.2) is 0 Å². The molecule has 4 nitrogen and oxygen atoms in total. The summed E-state index contributed by atoms with van der Waals surface area (Å²) in [5.74, 6) is -0.631. The molecule has 18 heavy (non-hydrogen) atoms. The van der Waals surface area contributed by atoms with Gasteiger partial charge in [0.1, 0.15) is 5.82 Å². The maximum atomic E-state index is 12.7. The van der Waals surface area contributed by atoms with Gasteiger partial charge in [-0.25, -0.2) is 4.39 Å². The summed E-state index contributed by atoms with van der Waals surface area (Å²) in [6, 6.07) is 5.37. The van der Waals surface area contributed by atoms with Gasteiger partial charge in [0, 0.05) is 11.8 Å². The molecule has 0 atom stereocenters. The molecule has 0 radical (unpaired) electrons. The molecule has 92 valence electrons. The van der Waals surface area contributed by atoms with Crippen molar-refractivity contribution < 1.29 is 9.18 Å². The summed E-state index contributed by atoms with van der Waals surface area (Å²) in [7, 11) is 0. The average molecular weight is 245 g/mol. The van der Waals surface area contributed by atoms with Crippen molar-refractivity contribution in [2.24, 2.45) is 0 Å². The molecule has 0 aliphatic carbocycles. The number of carbonyl (C=O) groups is 1. The van der Waals surface area contributed by atoms with Crippen LogP contribution in [0.2, 0.25) is 0 Å². The molecule has 0 spiro atoms. The number of hydrogen-bond donors (Lipinski definition) is 1. The predicted molar refractivity (Wildman–Crippen MR) is 64.3 cm³/mol. The van der Waals surface area contributed by atoms with Crippen LogP contribution in [0.5, 0.6) is 0 Å². The minimum absolute atomic E-state index is 0.266. The highest BCUT2D eigenvalue weighted by Gasteiger charge is 2.05. The zero-order valence-electron chi connectivity index (χ0n) is 9.85. The summed E-state index contributed by atoms with van der Waals surface area (Å²) < 4.78 is 12.7. The monoisotopic (exact) mass is 245 g/mol. The Morgan fingerprint density at radius 2 is 1.94 bits per heavy atom. The number of carbonyl (C=O) groups excluding carboxylic acids is 1. The molecule has 1 amide bonds. The fourth-order valence-corrected chi connectivity index (χ4v) is 1.38. The third-order valence-electron chi connectivity index (χ3n) is 2.37. The SMILES string of the molecule is Cc1cnc(CNC(=O)c2ccc(F)cc2)cn1. The van der Waals surface area contributed by atoms with Crippen LogP contribution in [0.1, 0.15) is 21.7 Å². The fraction of sp³-hybridized carbons (Fsp3) is 0.154. The lowest BCUT2D eigenvalue weighted by atomic mass is 10.2. The van der Waals surface area contributed by atoms with Crippen LogP contribution in [0.4, 0.5) is 4.39 Å². The molecule has 2 rings (SSSR count). The van der Waals surface area contributed by atoms with Crippen LogP contribution in [0, 0.1) is 12.7 Å². The van der Waals surface area contributed by atoms with E-state index in [0.717, 1.165) is 5.69 Å². The first-order valence-corrected chi connectivity index (χ1v) is 5.46. The summed E-state index contributed by atoms with van der Waals surface area (Å²) in [5.41, 5.74) is 1.91. The van der Waals surface area contributed by atoms with Gasteiger partial charge in [0.25, 0.3) is 5.91 Å². The first-order valence-electron chi connectivity index (χ1n) is 5.46. The number of rotatable bonds is 3. The average Bonchev–Trinajstić information content (AvgIpc) is 2.38. The zero-order valence-corrected chi connectivity index (χ0v) is 9.85. The molecule has 1 aromatic heterocycles. The number of aryl methyl sites for hydroxylation is 1. The van der Waals surface area contributed by atoms with E-state index in [2.05, 4.69) is 15.3 Å². The smallest absolute Gasteiger partial charge is 0.251 e. The molecule has 0 saturated heterocycles. The van der Waals surface area contributed by atoms with Crippen LogP contribution in [-0.4, -0.2) is 15.9 Å². The van der Waals surface area contributed by atoms with Gasteiger partial charge >= 0.3 is 0 Å². The quantitative estimate of drug-likeness (QED) is 0.897. The molecule has 0 aliphatic heterocycles. The Balaban J connectivity index is 1.96. The maximum Gasteiger partial charge on any atom is 0.251 e. The van der Waals surface area contributed by atoms with Crippen molar-refractivity contribution in [3.05, 3.63) is 59.4 Å². The molecule has 0 aliphatic rings. The van der Waals surface area contributed by atoms with E-state index in [1.807, 2.05) is 6.92 Å². The second-order valence-corrected chi connectivity index (χ2v) is 3.84. The standard InChI is InChI=1S/C13H12FN3O/c1-9-6-16-12(7-15-9)8-17-13(18)10-2-4-11(14)5-3-10/h2-7H,8H2,1H3,(H,17,18). The Morgan fingerprint density at radius 3 is 2.56 bits per heavy atom. The van der Waals surface area contributed by atoms with E-state index in [9.17, 15) is 9.18 Å². The second kappa shape index (κ2) is 5.35. The van der Waals surface area contributed by atoms with E-state index >= 15 is 0 Å². The molecule has 0 bridgehead atoms. The molecule has 1 aromatic carbocycles. The summed E-state index contributed by atoms with van der Waals surface area (Å²) in [4.78, 5) is 19.9. The normalized spacial score (nSPS) is 10.1. The van der Waals surface area contributed by atoms with Crippen LogP contribution < -0.4 is 5.32 Å². The van der Waals surface area contributed by atoms with Gasteiger partial charge in [-0.1, -0.05) is 0 Å². The number of nitrogens with zero attached hydrogens (tertiary/aromatic N) is 2. The molecular weight excluding hydrogens is 233 g/mol. The Bertz CT molecular complexity index is 537. The van der Waals surface area contributed by atoms with Gasteiger partial charge < -0.3 is 5.32 Å². The van der Waals surface area contributed by atoms with Gasteiger partial charge in [0.2, 0.25) is 0 Å². The van der Waals surface area contributed by atoms with Crippen LogP contribution in [-0.2, 0) is 6.54 Å². The zero-order chi connectivity index (χ0) is 13.0. The lowest BCUT2D eigenvalue weighted by Gasteiger charge is -2.04. The van der Waals surface area contributed by atoms with Crippen molar-refractivity contribution in [1.29, 1.82) is 0 Å². The van der Waals surface area contributed by atoms with E-state index in [1.165, 1.54) is 24.3 Å². The lowest BCUT2D eigenvalue weighted by Crippen LogP contribution is -2.23. The van der Waals surface area contributed by atoms with Crippen molar-refractivity contribution >= 4 is 5.91 Å². The minimum Gasteiger partial charge on any atom is -0.346 e. The highest BCUT2D eigenvalue weighted by Crippen LogP contribution is 2.03. The number of hydrogen-bond acceptors (Lipinski definition) is 3. The highest BCUT2D eigenvalue weighted by atomic mass is 19.1. The molecule has 0 unspecified atom stereocenters. The van der Waals surface area contributed by atoms with E-state index in [1.54, 1.807) is 12.4 Å². The summed E-state index contributed by atoms with van der Waals surface area (Å²) in [6.45, 7) is 2.14. The largest absolute Gasteiger partial charge is 0.346 e. The van der Waals surface area contributed by atoms with Gasteiger partial charge in [-0.05, 0) is 31.2 Å². The number of aromatic nitrogens is 2. The molecule has 0 fully saturated rings. The van der Waals surface area contributed by atoms with E-state index in [4.69, 9.17) is 0 Å². The minimum atomic E-state index is -0.365. The Kier molecular flexibility index (Phi) is 3.62. The molecule has 2 aromatic rings. The fourth-order valence-electron chi connectivity index (χ4n) is 1.38. The molecule has 0 saturated carbocycles. The van der Waals surface area contributed by atoms with Crippen LogP contribution in [0.25, 0.3) is 0 Å². The van der Waals surface area contributed by atoms with Crippen molar-refractivity contribution in [3.63, 3.8) is 0 Å². The van der Waals surface area contributed by atoms with Gasteiger partial charge in [-0.15, -0.1) is 0 Å². The number of benzene rings is 1. The summed E-state index contributed by atoms with van der Waals surface area (Å²) in [5, 5.41) is 2.69. The highest BCUT2D eigenvalue weighted by molar-refractivity contribution is 5.94. The Labute approximate surface area is 104 Å². The first kappa shape index (κ1) is 12.2. The van der Waals surface area contributed by atoms with Crippen molar-refractivity contribution in [3.8, 4) is 0 Å². The Hall–Kier alpha value is -2.30. The topological polar surface area (TPSA) is 54.9 Å². The van der Waals surface area contributed by atoms with Gasteiger partial charge in [0.05, 0.1) is 24.1 Å².